The van der Waals surface area contributed by atoms with Gasteiger partial charge in [0.05, 0.1) is 15.4 Å². The molecule has 2 N–H and O–H groups in total. The number of hydrogen-bond donors (Lipinski definition) is 1. The van der Waals surface area contributed by atoms with Crippen LogP contribution in [0.5, 0.6) is 0 Å². The smallest absolute Gasteiger partial charge is 0.365 e. The Labute approximate surface area is 179 Å². The maximum Gasteiger partial charge on any atom is 0.417 e. The van der Waals surface area contributed by atoms with E-state index in [9.17, 15) is 31.7 Å². The van der Waals surface area contributed by atoms with Crippen molar-refractivity contribution >= 4 is 27.0 Å². The van der Waals surface area contributed by atoms with E-state index in [1.807, 2.05) is 0 Å². The number of nitrogens with zero attached hydrogens (tertiary/aromatic N) is 5. The van der Waals surface area contributed by atoms with Crippen molar-refractivity contribution in [1.29, 1.82) is 0 Å². The van der Waals surface area contributed by atoms with Crippen LogP contribution in [0, 0.1) is 10.1 Å². The fraction of sp³-hybridized carbons (Fsp3) is 0.333. The first-order chi connectivity index (χ1) is 14.9. The number of fused-ring (bicyclic) bond motifs is 1. The summed E-state index contributed by atoms with van der Waals surface area (Å²) in [7, 11) is -4.13. The van der Waals surface area contributed by atoms with Gasteiger partial charge in [-0.2, -0.15) is 13.2 Å². The molecule has 14 heteroatoms. The number of piperidine rings is 1. The summed E-state index contributed by atoms with van der Waals surface area (Å²) in [6.07, 6.45) is -2.41. The van der Waals surface area contributed by atoms with Crippen LogP contribution in [0.3, 0.4) is 0 Å². The van der Waals surface area contributed by atoms with Crippen LogP contribution in [0.25, 0.3) is 5.65 Å². The van der Waals surface area contributed by atoms with E-state index in [0.717, 1.165) is 18.3 Å². The van der Waals surface area contributed by atoms with E-state index in [4.69, 9.17) is 5.14 Å². The lowest BCUT2D eigenvalue weighted by Crippen LogP contribution is -2.35. The fourth-order valence-electron chi connectivity index (χ4n) is 3.86. The number of sulfonamides is 1. The second kappa shape index (κ2) is 7.70. The van der Waals surface area contributed by atoms with E-state index in [-0.39, 0.29) is 28.7 Å². The number of nitrogens with two attached hydrogens (primary N) is 1. The Kier molecular flexibility index (Phi) is 5.29. The third-order valence-corrected chi connectivity index (χ3v) is 6.27. The second-order valence-corrected chi connectivity index (χ2v) is 9.00. The molecule has 4 rings (SSSR count). The third-order valence-electron chi connectivity index (χ3n) is 5.36. The minimum atomic E-state index is -4.53. The van der Waals surface area contributed by atoms with Crippen LogP contribution in [0.15, 0.2) is 41.4 Å². The Morgan fingerprint density at radius 3 is 2.59 bits per heavy atom. The number of benzene rings is 1. The molecule has 0 spiro atoms. The van der Waals surface area contributed by atoms with Crippen LogP contribution in [0.1, 0.15) is 30.1 Å². The molecule has 1 aliphatic heterocycles. The number of nitro benzene ring substituents is 1. The van der Waals surface area contributed by atoms with E-state index in [0.29, 0.717) is 25.2 Å². The lowest BCUT2D eigenvalue weighted by molar-refractivity contribution is -0.384. The highest BCUT2D eigenvalue weighted by Crippen LogP contribution is 2.36. The number of aromatic nitrogens is 3. The lowest BCUT2D eigenvalue weighted by Gasteiger charge is -2.33. The van der Waals surface area contributed by atoms with Gasteiger partial charge >= 0.3 is 6.18 Å². The molecule has 10 nitrogen and oxygen atoms in total. The zero-order valence-electron chi connectivity index (χ0n) is 16.4. The molecule has 0 bridgehead atoms. The summed E-state index contributed by atoms with van der Waals surface area (Å²) in [5.41, 5.74) is -0.818. The van der Waals surface area contributed by atoms with Gasteiger partial charge in [-0.25, -0.2) is 13.6 Å². The third kappa shape index (κ3) is 4.10. The maximum atomic E-state index is 13.1. The van der Waals surface area contributed by atoms with Gasteiger partial charge in [-0.1, -0.05) is 0 Å². The van der Waals surface area contributed by atoms with E-state index >= 15 is 0 Å². The van der Waals surface area contributed by atoms with Crippen molar-refractivity contribution in [2.75, 3.05) is 18.0 Å². The summed E-state index contributed by atoms with van der Waals surface area (Å²) >= 11 is 0. The minimum absolute atomic E-state index is 0.192. The van der Waals surface area contributed by atoms with Crippen molar-refractivity contribution in [3.63, 3.8) is 0 Å². The average Bonchev–Trinajstić information content (AvgIpc) is 3.15. The van der Waals surface area contributed by atoms with Crippen LogP contribution in [0.2, 0.25) is 0 Å². The second-order valence-electron chi connectivity index (χ2n) is 7.44. The van der Waals surface area contributed by atoms with Crippen LogP contribution in [-0.4, -0.2) is 41.0 Å². The van der Waals surface area contributed by atoms with Crippen LogP contribution in [0.4, 0.5) is 24.5 Å². The van der Waals surface area contributed by atoms with Gasteiger partial charge < -0.3 is 4.90 Å². The molecule has 0 saturated carbocycles. The Hall–Kier alpha value is -3.26. The highest BCUT2D eigenvalue weighted by molar-refractivity contribution is 7.89. The topological polar surface area (TPSA) is 137 Å². The van der Waals surface area contributed by atoms with E-state index in [1.165, 1.54) is 22.6 Å². The first-order valence-corrected chi connectivity index (χ1v) is 11.0. The van der Waals surface area contributed by atoms with Gasteiger partial charge in [0.15, 0.2) is 5.65 Å². The number of anilines is 1. The summed E-state index contributed by atoms with van der Waals surface area (Å²) in [6, 6.07) is 5.55. The molecule has 3 aromatic rings. The molecule has 1 fully saturated rings. The van der Waals surface area contributed by atoms with E-state index in [1.54, 1.807) is 4.90 Å². The number of pyridine rings is 1. The predicted octanol–water partition coefficient (Wildman–Crippen LogP) is 2.69. The van der Waals surface area contributed by atoms with Gasteiger partial charge in [0, 0.05) is 31.3 Å². The molecule has 3 heterocycles. The summed E-state index contributed by atoms with van der Waals surface area (Å²) < 4.78 is 63.8. The van der Waals surface area contributed by atoms with Crippen molar-refractivity contribution in [1.82, 2.24) is 14.6 Å². The molecule has 1 saturated heterocycles. The standard InChI is InChI=1S/C18H17F3N6O4S/c19-18(20,21)12-3-6-16-23-24-17(26(16)10-12)11-2-1-7-25(9-11)14-5-4-13(32(22,30)31)8-15(14)27(28)29/h3-6,8,10-11H,1-2,7,9H2,(H2,22,30,31). The summed E-state index contributed by atoms with van der Waals surface area (Å²) in [5, 5.41) is 24.6. The molecule has 2 aromatic heterocycles. The number of halogens is 3. The summed E-state index contributed by atoms with van der Waals surface area (Å²) in [4.78, 5) is 12.2. The quantitative estimate of drug-likeness (QED) is 0.457. The maximum absolute atomic E-state index is 13.1. The number of rotatable bonds is 4. The van der Waals surface area contributed by atoms with Crippen LogP contribution in [-0.2, 0) is 16.2 Å². The zero-order chi connectivity index (χ0) is 23.3. The van der Waals surface area contributed by atoms with Gasteiger partial charge in [0.25, 0.3) is 5.69 Å². The van der Waals surface area contributed by atoms with Crippen molar-refractivity contribution in [3.8, 4) is 0 Å². The zero-order valence-corrected chi connectivity index (χ0v) is 17.2. The minimum Gasteiger partial charge on any atom is -0.365 e. The van der Waals surface area contributed by atoms with Crippen molar-refractivity contribution < 1.29 is 26.5 Å². The average molecular weight is 470 g/mol. The predicted molar refractivity (Wildman–Crippen MR) is 107 cm³/mol. The van der Waals surface area contributed by atoms with Crippen molar-refractivity contribution in [2.24, 2.45) is 5.14 Å². The number of hydrogen-bond acceptors (Lipinski definition) is 7. The molecule has 170 valence electrons. The van der Waals surface area contributed by atoms with Crippen molar-refractivity contribution in [3.05, 3.63) is 58.0 Å². The first kappa shape index (κ1) is 22.0. The monoisotopic (exact) mass is 470 g/mol. The van der Waals surface area contributed by atoms with E-state index < -0.39 is 32.4 Å². The molecular weight excluding hydrogens is 453 g/mol. The SMILES string of the molecule is NS(=O)(=O)c1ccc(N2CCCC(c3nnc4ccc(C(F)(F)F)cn34)C2)c([N+](=O)[O-])c1. The molecular formula is C18H17F3N6O4S. The summed E-state index contributed by atoms with van der Waals surface area (Å²) in [6.45, 7) is 0.670. The van der Waals surface area contributed by atoms with Crippen LogP contribution < -0.4 is 10.0 Å². The summed E-state index contributed by atoms with van der Waals surface area (Å²) in [5.74, 6) is -0.0284. The van der Waals surface area contributed by atoms with Gasteiger partial charge in [0.2, 0.25) is 10.0 Å². The Balaban J connectivity index is 1.70. The Bertz CT molecular complexity index is 1310. The molecule has 0 amide bonds. The van der Waals surface area contributed by atoms with Gasteiger partial charge in [0.1, 0.15) is 11.5 Å². The molecule has 1 atom stereocenters. The number of alkyl halides is 3. The lowest BCUT2D eigenvalue weighted by atomic mass is 9.96. The van der Waals surface area contributed by atoms with Gasteiger partial charge in [-0.3, -0.25) is 14.5 Å². The molecule has 0 radical (unpaired) electrons. The molecule has 32 heavy (non-hydrogen) atoms. The molecule has 1 aliphatic rings. The Morgan fingerprint density at radius 2 is 1.94 bits per heavy atom. The highest BCUT2D eigenvalue weighted by atomic mass is 32.2. The Morgan fingerprint density at radius 1 is 1.19 bits per heavy atom. The first-order valence-electron chi connectivity index (χ1n) is 9.43. The highest BCUT2D eigenvalue weighted by Gasteiger charge is 2.33. The number of nitro groups is 1. The largest absolute Gasteiger partial charge is 0.417 e. The van der Waals surface area contributed by atoms with E-state index in [2.05, 4.69) is 10.2 Å². The van der Waals surface area contributed by atoms with Gasteiger partial charge in [-0.05, 0) is 37.1 Å². The molecule has 1 aromatic carbocycles. The molecule has 0 aliphatic carbocycles. The normalized spacial score (nSPS) is 17.6. The molecule has 1 unspecified atom stereocenters. The fourth-order valence-corrected chi connectivity index (χ4v) is 4.39. The van der Waals surface area contributed by atoms with Crippen molar-refractivity contribution in [2.45, 2.75) is 29.8 Å². The van der Waals surface area contributed by atoms with Gasteiger partial charge in [-0.15, -0.1) is 10.2 Å². The number of primary sulfonamides is 1. The van der Waals surface area contributed by atoms with Crippen LogP contribution >= 0.6 is 0 Å².